The fraction of sp³-hybridized carbons (Fsp3) is 0.667. The lowest BCUT2D eigenvalue weighted by Crippen LogP contribution is -2.33. The van der Waals surface area contributed by atoms with Gasteiger partial charge in [0, 0.05) is 66.5 Å². The molecule has 0 saturated heterocycles. The van der Waals surface area contributed by atoms with Crippen LogP contribution in [0.4, 0.5) is 5.69 Å². The Morgan fingerprint density at radius 1 is 1.02 bits per heavy atom. The molecule has 0 aliphatic heterocycles. The molecule has 0 bridgehead atoms. The second-order valence-corrected chi connectivity index (χ2v) is 12.1. The number of fused-ring (bicyclic) bond motifs is 1. The van der Waals surface area contributed by atoms with Crippen molar-refractivity contribution in [3.63, 3.8) is 0 Å². The monoisotopic (exact) mass is 656 g/mol. The number of benzene rings is 1. The van der Waals surface area contributed by atoms with Crippen LogP contribution in [0.1, 0.15) is 82.6 Å². The number of hydrogen-bond acceptors (Lipinski definition) is 12. The molecule has 1 aromatic carbocycles. The van der Waals surface area contributed by atoms with Crippen molar-refractivity contribution in [2.75, 3.05) is 59.5 Å². The second kappa shape index (κ2) is 20.0. The third-order valence-electron chi connectivity index (χ3n) is 8.49. The molecule has 1 aliphatic rings. The maximum atomic E-state index is 13.6. The lowest BCUT2D eigenvalue weighted by atomic mass is 9.73. The summed E-state index contributed by atoms with van der Waals surface area (Å²) in [6.07, 6.45) is 2.39. The highest BCUT2D eigenvalue weighted by molar-refractivity contribution is 6.03. The minimum atomic E-state index is -0.814. The van der Waals surface area contributed by atoms with Crippen LogP contribution in [0.3, 0.4) is 0 Å². The average molecular weight is 657 g/mol. The number of phenols is 1. The van der Waals surface area contributed by atoms with Gasteiger partial charge in [0.15, 0.2) is 5.78 Å². The summed E-state index contributed by atoms with van der Waals surface area (Å²) >= 11 is 0. The Morgan fingerprint density at radius 2 is 1.61 bits per heavy atom. The first-order valence-corrected chi connectivity index (χ1v) is 15.5. The Hall–Kier alpha value is -3.39. The largest absolute Gasteiger partial charge is 0.507 e. The number of Topliss-reactive ketones (excluding diaryl/α,β-unsaturated/α-hetero) is 3. The van der Waals surface area contributed by atoms with Gasteiger partial charge in [-0.2, -0.15) is 0 Å². The van der Waals surface area contributed by atoms with E-state index >= 15 is 0 Å². The molecule has 0 fully saturated rings. The molecule has 0 saturated carbocycles. The Morgan fingerprint density at radius 3 is 2.09 bits per heavy atom. The molecular weight excluding hydrogens is 600 g/mol. The quantitative estimate of drug-likeness (QED) is 0.136. The van der Waals surface area contributed by atoms with Crippen molar-refractivity contribution >= 4 is 35.0 Å². The molecule has 13 nitrogen and oxygen atoms in total. The van der Waals surface area contributed by atoms with Gasteiger partial charge in [-0.3, -0.25) is 28.9 Å². The number of aliphatic hydroxyl groups excluding tert-OH is 2. The summed E-state index contributed by atoms with van der Waals surface area (Å²) in [5, 5.41) is 31.2. The number of phenolic OH excluding ortho intramolecular Hbond substituents is 1. The number of carbonyl (C=O) groups excluding carboxylic acids is 5. The molecule has 3 unspecified atom stereocenters. The minimum Gasteiger partial charge on any atom is -0.507 e. The van der Waals surface area contributed by atoms with E-state index in [0.717, 1.165) is 5.69 Å². The molecule has 0 aromatic heterocycles. The van der Waals surface area contributed by atoms with Crippen LogP contribution in [0.5, 0.6) is 5.75 Å². The van der Waals surface area contributed by atoms with Crippen LogP contribution >= 0.6 is 0 Å². The molecule has 46 heavy (non-hydrogen) atoms. The zero-order valence-electron chi connectivity index (χ0n) is 27.8. The molecule has 0 spiro atoms. The minimum absolute atomic E-state index is 0. The van der Waals surface area contributed by atoms with E-state index in [1.54, 1.807) is 0 Å². The highest BCUT2D eigenvalue weighted by Gasteiger charge is 2.36. The number of esters is 2. The summed E-state index contributed by atoms with van der Waals surface area (Å²) in [6, 6.07) is 1.86. The Kier molecular flexibility index (Phi) is 17.6. The Labute approximate surface area is 274 Å². The predicted molar refractivity (Wildman–Crippen MR) is 175 cm³/mol. The molecule has 3 atom stereocenters. The zero-order chi connectivity index (χ0) is 33.7. The van der Waals surface area contributed by atoms with E-state index in [1.807, 2.05) is 30.0 Å². The molecule has 2 rings (SSSR count). The van der Waals surface area contributed by atoms with Crippen molar-refractivity contribution < 1.29 is 57.1 Å². The molecule has 0 heterocycles. The van der Waals surface area contributed by atoms with E-state index in [0.29, 0.717) is 49.9 Å². The van der Waals surface area contributed by atoms with Crippen molar-refractivity contribution in [3.05, 3.63) is 22.8 Å². The number of aromatic hydroxyl groups is 1. The fourth-order valence-electron chi connectivity index (χ4n) is 6.25. The molecular formula is C33H56N2O11. The van der Waals surface area contributed by atoms with E-state index < -0.39 is 18.4 Å². The number of aliphatic hydroxyl groups is 2. The van der Waals surface area contributed by atoms with Gasteiger partial charge in [-0.1, -0.05) is 0 Å². The van der Waals surface area contributed by atoms with E-state index in [9.17, 15) is 39.3 Å². The van der Waals surface area contributed by atoms with Gasteiger partial charge in [0.25, 0.3) is 0 Å². The molecule has 13 heteroatoms. The van der Waals surface area contributed by atoms with Crippen molar-refractivity contribution in [1.29, 1.82) is 0 Å². The average Bonchev–Trinajstić information content (AvgIpc) is 2.97. The van der Waals surface area contributed by atoms with Gasteiger partial charge >= 0.3 is 11.9 Å². The van der Waals surface area contributed by atoms with Crippen LogP contribution in [0.2, 0.25) is 0 Å². The number of rotatable bonds is 20. The van der Waals surface area contributed by atoms with Crippen molar-refractivity contribution in [2.24, 2.45) is 17.8 Å². The van der Waals surface area contributed by atoms with Crippen molar-refractivity contribution in [1.82, 2.24) is 4.90 Å². The summed E-state index contributed by atoms with van der Waals surface area (Å²) in [4.78, 5) is 65.2. The number of methoxy groups -OCH3 is 2. The van der Waals surface area contributed by atoms with Crippen LogP contribution in [0.15, 0.2) is 6.07 Å². The molecule has 5 N–H and O–H groups in total. The van der Waals surface area contributed by atoms with Crippen molar-refractivity contribution in [3.8, 4) is 5.75 Å². The highest BCUT2D eigenvalue weighted by atomic mass is 16.5. The van der Waals surface area contributed by atoms with E-state index in [1.165, 1.54) is 21.1 Å². The zero-order valence-corrected chi connectivity index (χ0v) is 27.8. The summed E-state index contributed by atoms with van der Waals surface area (Å²) in [6.45, 7) is 1.96. The summed E-state index contributed by atoms with van der Waals surface area (Å²) in [7, 11) is 6.37. The van der Waals surface area contributed by atoms with Crippen LogP contribution in [0.25, 0.3) is 0 Å². The number of anilines is 1. The van der Waals surface area contributed by atoms with Gasteiger partial charge < -0.3 is 35.2 Å². The summed E-state index contributed by atoms with van der Waals surface area (Å²) in [5.41, 5.74) is 2.28. The van der Waals surface area contributed by atoms with Gasteiger partial charge in [0.2, 0.25) is 0 Å². The number of ketones is 3. The number of carbonyl (C=O) groups is 5. The van der Waals surface area contributed by atoms with Crippen LogP contribution < -0.4 is 4.90 Å². The first-order chi connectivity index (χ1) is 21.4. The lowest BCUT2D eigenvalue weighted by Gasteiger charge is -2.33. The molecule has 1 aliphatic carbocycles. The molecule has 0 radical (unpaired) electrons. The lowest BCUT2D eigenvalue weighted by molar-refractivity contribution is -0.141. The molecule has 264 valence electrons. The highest BCUT2D eigenvalue weighted by Crippen LogP contribution is 2.42. The topological polar surface area (TPSA) is 202 Å². The van der Waals surface area contributed by atoms with Gasteiger partial charge in [-0.25, -0.2) is 0 Å². The van der Waals surface area contributed by atoms with Crippen molar-refractivity contribution in [2.45, 2.75) is 71.3 Å². The fourth-order valence-corrected chi connectivity index (χ4v) is 6.25. The number of ether oxygens (including phenoxy) is 2. The van der Waals surface area contributed by atoms with Crippen LogP contribution in [-0.2, 0) is 41.6 Å². The predicted octanol–water partition coefficient (Wildman–Crippen LogP) is 2.12. The second-order valence-electron chi connectivity index (χ2n) is 12.1. The SMILES string of the molecule is COC(=O)CCCN(CCCC(=O)OC)Cc1cc(N(C)C)c2c(c1O)C(=O)CC(CC(CCO)C(CO)C(=O)CC(C)=O)C2.O.[HH].[HH]. The first kappa shape index (κ1) is 40.6. The van der Waals surface area contributed by atoms with Gasteiger partial charge in [-0.05, 0) is 75.6 Å². The number of hydrogen-bond donors (Lipinski definition) is 3. The Bertz CT molecular complexity index is 1190. The van der Waals surface area contributed by atoms with Crippen LogP contribution in [0, 0.1) is 17.8 Å². The third-order valence-corrected chi connectivity index (χ3v) is 8.49. The first-order valence-electron chi connectivity index (χ1n) is 15.5. The molecule has 1 aromatic rings. The van der Waals surface area contributed by atoms with Gasteiger partial charge in [-0.15, -0.1) is 0 Å². The van der Waals surface area contributed by atoms with Crippen LogP contribution in [-0.4, -0.2) is 110 Å². The van der Waals surface area contributed by atoms with Gasteiger partial charge in [0.05, 0.1) is 32.8 Å². The summed E-state index contributed by atoms with van der Waals surface area (Å²) < 4.78 is 9.50. The maximum absolute atomic E-state index is 13.6. The Balaban J connectivity index is 0. The van der Waals surface area contributed by atoms with E-state index in [2.05, 4.69) is 0 Å². The third kappa shape index (κ3) is 11.8. The van der Waals surface area contributed by atoms with E-state index in [-0.39, 0.29) is 100 Å². The maximum Gasteiger partial charge on any atom is 0.305 e. The summed E-state index contributed by atoms with van der Waals surface area (Å²) in [5.74, 6) is -3.07. The van der Waals surface area contributed by atoms with Gasteiger partial charge in [0.1, 0.15) is 17.3 Å². The van der Waals surface area contributed by atoms with E-state index in [4.69, 9.17) is 9.47 Å². The standard InChI is InChI=1S/C33H50N2O10.H2O.2H2/c1-21(38)14-28(39)26(20-37)23(10-13-36)15-22-16-25-27(34(2)3)18-24(33(43)32(25)29(40)17-22)19-35(11-6-8-30(41)44-4)12-7-9-31(42)45-5;;;/h18,22-23,26,36-37,43H,6-17,19-20H2,1-5H3;1H2;2*1H. The number of nitrogens with zero attached hydrogens (tertiary/aromatic N) is 2. The smallest absolute Gasteiger partial charge is 0.305 e. The normalized spacial score (nSPS) is 15.4. The molecule has 0 amide bonds.